The van der Waals surface area contributed by atoms with Crippen molar-refractivity contribution in [3.05, 3.63) is 64.7 Å². The SMILES string of the molecule is CCOCCCn1c(N/N=C\c2ccccn2)nc2ccccc2c1=O. The number of hydrogen-bond acceptors (Lipinski definition) is 6. The Kier molecular flexibility index (Phi) is 6.05. The van der Waals surface area contributed by atoms with Gasteiger partial charge in [-0.1, -0.05) is 18.2 Å². The molecule has 26 heavy (non-hydrogen) atoms. The van der Waals surface area contributed by atoms with Crippen LogP contribution in [0.25, 0.3) is 10.9 Å². The van der Waals surface area contributed by atoms with Crippen LogP contribution < -0.4 is 11.0 Å². The molecule has 0 unspecified atom stereocenters. The summed E-state index contributed by atoms with van der Waals surface area (Å²) in [4.78, 5) is 21.5. The molecule has 0 fully saturated rings. The normalized spacial score (nSPS) is 11.3. The lowest BCUT2D eigenvalue weighted by Gasteiger charge is -2.12. The maximum absolute atomic E-state index is 12.8. The summed E-state index contributed by atoms with van der Waals surface area (Å²) in [6.07, 6.45) is 4.00. The van der Waals surface area contributed by atoms with Gasteiger partial charge in [0.2, 0.25) is 5.95 Å². The van der Waals surface area contributed by atoms with Gasteiger partial charge in [0.1, 0.15) is 0 Å². The minimum Gasteiger partial charge on any atom is -0.382 e. The zero-order valence-electron chi connectivity index (χ0n) is 14.6. The maximum Gasteiger partial charge on any atom is 0.262 e. The van der Waals surface area contributed by atoms with E-state index in [2.05, 4.69) is 20.5 Å². The summed E-state index contributed by atoms with van der Waals surface area (Å²) in [6, 6.07) is 12.9. The molecule has 1 aromatic carbocycles. The highest BCUT2D eigenvalue weighted by Gasteiger charge is 2.10. The van der Waals surface area contributed by atoms with Crippen LogP contribution in [0.4, 0.5) is 5.95 Å². The molecular weight excluding hydrogens is 330 g/mol. The number of nitrogens with one attached hydrogen (secondary N) is 1. The van der Waals surface area contributed by atoms with Crippen LogP contribution in [0.5, 0.6) is 0 Å². The van der Waals surface area contributed by atoms with Crippen LogP contribution >= 0.6 is 0 Å². The molecule has 2 heterocycles. The van der Waals surface area contributed by atoms with Gasteiger partial charge in [0, 0.05) is 26.0 Å². The van der Waals surface area contributed by atoms with Crippen molar-refractivity contribution in [3.63, 3.8) is 0 Å². The number of pyridine rings is 1. The smallest absolute Gasteiger partial charge is 0.262 e. The van der Waals surface area contributed by atoms with Crippen molar-refractivity contribution in [2.75, 3.05) is 18.6 Å². The van der Waals surface area contributed by atoms with Gasteiger partial charge in [-0.2, -0.15) is 5.10 Å². The Labute approximate surface area is 151 Å². The third-order valence-electron chi connectivity index (χ3n) is 3.79. The van der Waals surface area contributed by atoms with Crippen LogP contribution in [0.15, 0.2) is 58.6 Å². The number of benzene rings is 1. The molecule has 3 rings (SSSR count). The largest absolute Gasteiger partial charge is 0.382 e. The van der Waals surface area contributed by atoms with Crippen molar-refractivity contribution in [2.45, 2.75) is 19.9 Å². The molecule has 0 spiro atoms. The van der Waals surface area contributed by atoms with E-state index in [-0.39, 0.29) is 5.56 Å². The fraction of sp³-hybridized carbons (Fsp3) is 0.263. The number of rotatable bonds is 8. The third kappa shape index (κ3) is 4.31. The summed E-state index contributed by atoms with van der Waals surface area (Å²) in [7, 11) is 0. The van der Waals surface area contributed by atoms with E-state index in [0.29, 0.717) is 48.7 Å². The van der Waals surface area contributed by atoms with E-state index in [0.717, 1.165) is 0 Å². The van der Waals surface area contributed by atoms with E-state index < -0.39 is 0 Å². The summed E-state index contributed by atoms with van der Waals surface area (Å²) in [5, 5.41) is 4.76. The van der Waals surface area contributed by atoms with Crippen molar-refractivity contribution >= 4 is 23.1 Å². The molecule has 0 amide bonds. The molecule has 7 heteroatoms. The lowest BCUT2D eigenvalue weighted by atomic mass is 10.2. The van der Waals surface area contributed by atoms with Crippen molar-refractivity contribution < 1.29 is 4.74 Å². The van der Waals surface area contributed by atoms with Gasteiger partial charge in [-0.25, -0.2) is 10.4 Å². The van der Waals surface area contributed by atoms with Crippen LogP contribution in [0, 0.1) is 0 Å². The molecule has 0 radical (unpaired) electrons. The first-order chi connectivity index (χ1) is 12.8. The molecule has 134 valence electrons. The van der Waals surface area contributed by atoms with Crippen LogP contribution in [0.1, 0.15) is 19.0 Å². The molecular formula is C19H21N5O2. The minimum absolute atomic E-state index is 0.0948. The zero-order valence-corrected chi connectivity index (χ0v) is 14.6. The number of hydrazone groups is 1. The maximum atomic E-state index is 12.8. The number of nitrogens with zero attached hydrogens (tertiary/aromatic N) is 4. The number of aromatic nitrogens is 3. The molecule has 2 aromatic heterocycles. The number of hydrogen-bond donors (Lipinski definition) is 1. The summed E-state index contributed by atoms with van der Waals surface area (Å²) in [6.45, 7) is 3.69. The number of para-hydroxylation sites is 1. The Bertz CT molecular complexity index is 938. The van der Waals surface area contributed by atoms with Crippen LogP contribution in [-0.2, 0) is 11.3 Å². The van der Waals surface area contributed by atoms with Gasteiger partial charge in [-0.3, -0.25) is 14.3 Å². The van der Waals surface area contributed by atoms with E-state index in [4.69, 9.17) is 4.74 Å². The number of ether oxygens (including phenoxy) is 1. The molecule has 0 bridgehead atoms. The lowest BCUT2D eigenvalue weighted by Crippen LogP contribution is -2.25. The molecule has 0 aliphatic rings. The minimum atomic E-state index is -0.0948. The molecule has 7 nitrogen and oxygen atoms in total. The molecule has 0 saturated heterocycles. The van der Waals surface area contributed by atoms with E-state index in [1.165, 1.54) is 0 Å². The second-order valence-corrected chi connectivity index (χ2v) is 5.58. The molecule has 0 aliphatic carbocycles. The van der Waals surface area contributed by atoms with Crippen LogP contribution in [0.2, 0.25) is 0 Å². The van der Waals surface area contributed by atoms with E-state index in [1.54, 1.807) is 23.0 Å². The predicted octanol–water partition coefficient (Wildman–Crippen LogP) is 2.66. The first-order valence-electron chi connectivity index (χ1n) is 8.57. The highest BCUT2D eigenvalue weighted by atomic mass is 16.5. The summed E-state index contributed by atoms with van der Waals surface area (Å²) in [5.41, 5.74) is 4.13. The molecule has 0 aliphatic heterocycles. The van der Waals surface area contributed by atoms with Crippen molar-refractivity contribution in [3.8, 4) is 0 Å². The second-order valence-electron chi connectivity index (χ2n) is 5.58. The van der Waals surface area contributed by atoms with Crippen LogP contribution in [-0.4, -0.2) is 34.0 Å². The highest BCUT2D eigenvalue weighted by molar-refractivity contribution is 5.79. The van der Waals surface area contributed by atoms with Gasteiger partial charge in [-0.15, -0.1) is 0 Å². The Morgan fingerprint density at radius 1 is 1.23 bits per heavy atom. The Morgan fingerprint density at radius 2 is 2.08 bits per heavy atom. The molecule has 1 N–H and O–H groups in total. The third-order valence-corrected chi connectivity index (χ3v) is 3.79. The van der Waals surface area contributed by atoms with Gasteiger partial charge in [-0.05, 0) is 37.6 Å². The quantitative estimate of drug-likeness (QED) is 0.383. The topological polar surface area (TPSA) is 81.4 Å². The van der Waals surface area contributed by atoms with Gasteiger partial charge in [0.15, 0.2) is 0 Å². The molecule has 3 aromatic rings. The van der Waals surface area contributed by atoms with Crippen LogP contribution in [0.3, 0.4) is 0 Å². The zero-order chi connectivity index (χ0) is 18.2. The second kappa shape index (κ2) is 8.87. The van der Waals surface area contributed by atoms with Gasteiger partial charge in [0.05, 0.1) is 22.8 Å². The van der Waals surface area contributed by atoms with E-state index in [9.17, 15) is 4.79 Å². The number of anilines is 1. The first-order valence-corrected chi connectivity index (χ1v) is 8.57. The number of fused-ring (bicyclic) bond motifs is 1. The first kappa shape index (κ1) is 17.8. The van der Waals surface area contributed by atoms with E-state index in [1.807, 2.05) is 43.3 Å². The van der Waals surface area contributed by atoms with E-state index >= 15 is 0 Å². The van der Waals surface area contributed by atoms with Gasteiger partial charge >= 0.3 is 0 Å². The van der Waals surface area contributed by atoms with Gasteiger partial charge in [0.25, 0.3) is 5.56 Å². The standard InChI is InChI=1S/C19H21N5O2/c1-2-26-13-7-12-24-18(25)16-9-3-4-10-17(16)22-19(24)23-21-14-15-8-5-6-11-20-15/h3-6,8-11,14H,2,7,12-13H2,1H3,(H,22,23)/b21-14-. The molecule has 0 atom stereocenters. The average Bonchev–Trinajstić information content (AvgIpc) is 2.68. The highest BCUT2D eigenvalue weighted by Crippen LogP contribution is 2.11. The molecule has 0 saturated carbocycles. The monoisotopic (exact) mass is 351 g/mol. The Hall–Kier alpha value is -3.06. The fourth-order valence-corrected chi connectivity index (χ4v) is 2.54. The Morgan fingerprint density at radius 3 is 2.88 bits per heavy atom. The summed E-state index contributed by atoms with van der Waals surface area (Å²) >= 11 is 0. The lowest BCUT2D eigenvalue weighted by molar-refractivity contribution is 0.141. The van der Waals surface area contributed by atoms with Crippen molar-refractivity contribution in [2.24, 2.45) is 5.10 Å². The fourth-order valence-electron chi connectivity index (χ4n) is 2.54. The van der Waals surface area contributed by atoms with Gasteiger partial charge < -0.3 is 4.74 Å². The summed E-state index contributed by atoms with van der Waals surface area (Å²) < 4.78 is 6.96. The predicted molar refractivity (Wildman–Crippen MR) is 103 cm³/mol. The summed E-state index contributed by atoms with van der Waals surface area (Å²) in [5.74, 6) is 0.400. The average molecular weight is 351 g/mol. The van der Waals surface area contributed by atoms with Crippen molar-refractivity contribution in [1.29, 1.82) is 0 Å². The van der Waals surface area contributed by atoms with Crippen molar-refractivity contribution in [1.82, 2.24) is 14.5 Å². The Balaban J connectivity index is 1.88.